The molecule has 0 fully saturated rings. The Morgan fingerprint density at radius 2 is 1.86 bits per heavy atom. The van der Waals surface area contributed by atoms with Gasteiger partial charge < -0.3 is 4.74 Å². The molecule has 0 radical (unpaired) electrons. The van der Waals surface area contributed by atoms with E-state index in [4.69, 9.17) is 4.74 Å². The van der Waals surface area contributed by atoms with Crippen molar-refractivity contribution in [1.82, 2.24) is 4.98 Å². The van der Waals surface area contributed by atoms with Crippen molar-refractivity contribution in [2.24, 2.45) is 0 Å². The van der Waals surface area contributed by atoms with Crippen LogP contribution < -0.4 is 10.0 Å². The fourth-order valence-electron chi connectivity index (χ4n) is 2.34. The Hall–Kier alpha value is -3.24. The Kier molecular flexibility index (Phi) is 6.25. The quantitative estimate of drug-likeness (QED) is 0.554. The second-order valence-corrected chi connectivity index (χ2v) is 8.25. The Bertz CT molecular complexity index is 1130. The van der Waals surface area contributed by atoms with Crippen LogP contribution in [0.2, 0.25) is 0 Å². The monoisotopic (exact) mass is 431 g/mol. The molecule has 1 aromatic heterocycles. The molecule has 0 atom stereocenters. The molecule has 0 aliphatic carbocycles. The SMILES string of the molecule is CCOC(=O)c1csc(NC(=O)c2cccc(NS(=O)(=O)c3ccccc3)c2)n1. The zero-order valence-corrected chi connectivity index (χ0v) is 16.9. The highest BCUT2D eigenvalue weighted by atomic mass is 32.2. The zero-order valence-electron chi connectivity index (χ0n) is 15.3. The summed E-state index contributed by atoms with van der Waals surface area (Å²) < 4.78 is 32.2. The molecule has 10 heteroatoms. The lowest BCUT2D eigenvalue weighted by Crippen LogP contribution is -2.15. The molecule has 1 heterocycles. The van der Waals surface area contributed by atoms with E-state index >= 15 is 0 Å². The highest BCUT2D eigenvalue weighted by Crippen LogP contribution is 2.20. The fourth-order valence-corrected chi connectivity index (χ4v) is 4.08. The molecule has 0 aliphatic heterocycles. The van der Waals surface area contributed by atoms with Crippen LogP contribution in [0.4, 0.5) is 10.8 Å². The van der Waals surface area contributed by atoms with E-state index in [0.29, 0.717) is 0 Å². The van der Waals surface area contributed by atoms with E-state index in [2.05, 4.69) is 15.0 Å². The maximum absolute atomic E-state index is 12.5. The second kappa shape index (κ2) is 8.84. The highest BCUT2D eigenvalue weighted by molar-refractivity contribution is 7.92. The molecule has 0 unspecified atom stereocenters. The highest BCUT2D eigenvalue weighted by Gasteiger charge is 2.16. The average molecular weight is 431 g/mol. The summed E-state index contributed by atoms with van der Waals surface area (Å²) in [5.41, 5.74) is 0.579. The summed E-state index contributed by atoms with van der Waals surface area (Å²) in [5.74, 6) is -1.06. The molecular formula is C19H17N3O5S2. The number of nitrogens with zero attached hydrogens (tertiary/aromatic N) is 1. The molecule has 1 amide bonds. The third-order valence-corrected chi connectivity index (χ3v) is 5.79. The lowest BCUT2D eigenvalue weighted by atomic mass is 10.2. The molecule has 0 spiro atoms. The lowest BCUT2D eigenvalue weighted by molar-refractivity contribution is 0.0520. The summed E-state index contributed by atoms with van der Waals surface area (Å²) in [6.07, 6.45) is 0. The van der Waals surface area contributed by atoms with Gasteiger partial charge in [-0.15, -0.1) is 11.3 Å². The molecule has 3 aromatic rings. The number of amides is 1. The summed E-state index contributed by atoms with van der Waals surface area (Å²) in [4.78, 5) is 28.3. The molecular weight excluding hydrogens is 414 g/mol. The van der Waals surface area contributed by atoms with Crippen molar-refractivity contribution in [2.45, 2.75) is 11.8 Å². The van der Waals surface area contributed by atoms with Gasteiger partial charge in [0.15, 0.2) is 10.8 Å². The van der Waals surface area contributed by atoms with Crippen LogP contribution in [0.5, 0.6) is 0 Å². The van der Waals surface area contributed by atoms with Gasteiger partial charge in [-0.1, -0.05) is 24.3 Å². The van der Waals surface area contributed by atoms with Gasteiger partial charge in [0.25, 0.3) is 15.9 Å². The van der Waals surface area contributed by atoms with E-state index < -0.39 is 21.9 Å². The topological polar surface area (TPSA) is 114 Å². The molecule has 0 bridgehead atoms. The van der Waals surface area contributed by atoms with Crippen molar-refractivity contribution < 1.29 is 22.7 Å². The van der Waals surface area contributed by atoms with Crippen molar-refractivity contribution >= 4 is 44.1 Å². The van der Waals surface area contributed by atoms with E-state index in [0.717, 1.165) is 11.3 Å². The molecule has 2 aromatic carbocycles. The number of thiazole rings is 1. The summed E-state index contributed by atoms with van der Waals surface area (Å²) in [7, 11) is -3.77. The number of benzene rings is 2. The first-order valence-corrected chi connectivity index (χ1v) is 10.9. The number of sulfonamides is 1. The van der Waals surface area contributed by atoms with Crippen LogP contribution in [0, 0.1) is 0 Å². The van der Waals surface area contributed by atoms with Crippen molar-refractivity contribution in [3.05, 3.63) is 71.2 Å². The number of rotatable bonds is 7. The van der Waals surface area contributed by atoms with Gasteiger partial charge in [-0.2, -0.15) is 0 Å². The average Bonchev–Trinajstić information content (AvgIpc) is 3.17. The number of anilines is 2. The number of carbonyl (C=O) groups is 2. The predicted octanol–water partition coefficient (Wildman–Crippen LogP) is 3.37. The van der Waals surface area contributed by atoms with Crippen LogP contribution in [0.3, 0.4) is 0 Å². The van der Waals surface area contributed by atoms with Crippen LogP contribution in [0.15, 0.2) is 64.9 Å². The molecule has 0 aliphatic rings. The van der Waals surface area contributed by atoms with Gasteiger partial charge in [0.05, 0.1) is 11.5 Å². The van der Waals surface area contributed by atoms with Crippen LogP contribution >= 0.6 is 11.3 Å². The first-order chi connectivity index (χ1) is 13.9. The lowest BCUT2D eigenvalue weighted by Gasteiger charge is -2.09. The fraction of sp³-hybridized carbons (Fsp3) is 0.105. The van der Waals surface area contributed by atoms with E-state index in [9.17, 15) is 18.0 Å². The molecule has 0 saturated heterocycles. The minimum atomic E-state index is -3.77. The summed E-state index contributed by atoms with van der Waals surface area (Å²) >= 11 is 1.08. The number of aromatic nitrogens is 1. The normalized spacial score (nSPS) is 10.9. The molecule has 150 valence electrons. The first-order valence-electron chi connectivity index (χ1n) is 8.51. The summed E-state index contributed by atoms with van der Waals surface area (Å²) in [5, 5.41) is 4.29. The number of hydrogen-bond acceptors (Lipinski definition) is 7. The van der Waals surface area contributed by atoms with E-state index in [1.807, 2.05) is 0 Å². The largest absolute Gasteiger partial charge is 0.461 e. The molecule has 3 rings (SSSR count). The van der Waals surface area contributed by atoms with Crippen LogP contribution in [-0.4, -0.2) is 31.9 Å². The van der Waals surface area contributed by atoms with E-state index in [-0.39, 0.29) is 33.6 Å². The maximum Gasteiger partial charge on any atom is 0.357 e. The number of hydrogen-bond donors (Lipinski definition) is 2. The standard InChI is InChI=1S/C19H17N3O5S2/c1-2-27-18(24)16-12-28-19(20-16)21-17(23)13-7-6-8-14(11-13)22-29(25,26)15-9-4-3-5-10-15/h3-12,22H,2H2,1H3,(H,20,21,23). The number of carbonyl (C=O) groups excluding carboxylic acids is 2. The Morgan fingerprint density at radius 1 is 1.10 bits per heavy atom. The van der Waals surface area contributed by atoms with Gasteiger partial charge in [0, 0.05) is 16.6 Å². The maximum atomic E-state index is 12.5. The smallest absolute Gasteiger partial charge is 0.357 e. The van der Waals surface area contributed by atoms with Crippen molar-refractivity contribution in [3.63, 3.8) is 0 Å². The molecule has 8 nitrogen and oxygen atoms in total. The Balaban J connectivity index is 1.72. The third-order valence-electron chi connectivity index (χ3n) is 3.64. The number of esters is 1. The predicted molar refractivity (Wildman–Crippen MR) is 110 cm³/mol. The minimum absolute atomic E-state index is 0.108. The summed E-state index contributed by atoms with van der Waals surface area (Å²) in [6.45, 7) is 1.91. The Morgan fingerprint density at radius 3 is 2.59 bits per heavy atom. The van der Waals surface area contributed by atoms with Gasteiger partial charge in [0.1, 0.15) is 0 Å². The van der Waals surface area contributed by atoms with Gasteiger partial charge in [-0.25, -0.2) is 18.2 Å². The van der Waals surface area contributed by atoms with E-state index in [1.54, 1.807) is 37.3 Å². The molecule has 0 saturated carbocycles. The van der Waals surface area contributed by atoms with Crippen molar-refractivity contribution in [2.75, 3.05) is 16.6 Å². The third kappa shape index (κ3) is 5.18. The zero-order chi connectivity index (χ0) is 20.9. The van der Waals surface area contributed by atoms with Gasteiger partial charge in [-0.3, -0.25) is 14.8 Å². The van der Waals surface area contributed by atoms with Crippen LogP contribution in [0.1, 0.15) is 27.8 Å². The van der Waals surface area contributed by atoms with Gasteiger partial charge >= 0.3 is 5.97 Å². The number of nitrogens with one attached hydrogen (secondary N) is 2. The first kappa shape index (κ1) is 20.5. The molecule has 2 N–H and O–H groups in total. The summed E-state index contributed by atoms with van der Waals surface area (Å²) in [6, 6.07) is 14.0. The van der Waals surface area contributed by atoms with Crippen molar-refractivity contribution in [3.8, 4) is 0 Å². The van der Waals surface area contributed by atoms with E-state index in [1.165, 1.54) is 29.6 Å². The van der Waals surface area contributed by atoms with Gasteiger partial charge in [0.2, 0.25) is 0 Å². The van der Waals surface area contributed by atoms with Crippen LogP contribution in [-0.2, 0) is 14.8 Å². The van der Waals surface area contributed by atoms with Crippen molar-refractivity contribution in [1.29, 1.82) is 0 Å². The number of ether oxygens (including phenoxy) is 1. The second-order valence-electron chi connectivity index (χ2n) is 5.71. The minimum Gasteiger partial charge on any atom is -0.461 e. The van der Waals surface area contributed by atoms with Crippen LogP contribution in [0.25, 0.3) is 0 Å². The Labute approximate surface area is 171 Å². The molecule has 29 heavy (non-hydrogen) atoms. The van der Waals surface area contributed by atoms with Gasteiger partial charge in [-0.05, 0) is 37.3 Å².